The SMILES string of the molecule is CC(C)(O)CCC[C@@](C)(O)[C@H]1CC[C@]2(C)[C@@H]1C(O)C[C@@H]1[C@@]3(C)CCC(=O)C(C)(C)C3CC[C@]12C. The lowest BCUT2D eigenvalue weighted by molar-refractivity contribution is -0.232. The number of aliphatic hydroxyl groups is 3. The Labute approximate surface area is 208 Å². The van der Waals surface area contributed by atoms with Crippen molar-refractivity contribution >= 4 is 5.78 Å². The van der Waals surface area contributed by atoms with Crippen LogP contribution < -0.4 is 0 Å². The van der Waals surface area contributed by atoms with Crippen LogP contribution in [-0.2, 0) is 4.79 Å². The number of Topliss-reactive ketones (excluding diaryl/α,β-unsaturated/α-hetero) is 1. The molecular formula is C30H52O4. The standard InChI is InChI=1S/C30H52O4/c1-25(2,33)13-9-14-30(8,34)19-10-16-29(7)24(19)20(31)18-22-27(5)15-12-23(32)26(3,4)21(27)11-17-28(22,29)6/h19-22,24,31,33-34H,9-18H2,1-8H3/t19-,20?,21?,22+,24-,27-,28+,29+,30+/m0/s1. The Hall–Kier alpha value is -0.450. The normalized spacial score (nSPS) is 48.0. The second kappa shape index (κ2) is 8.02. The van der Waals surface area contributed by atoms with Crippen LogP contribution in [0.4, 0.5) is 0 Å². The lowest BCUT2D eigenvalue weighted by Crippen LogP contribution is -2.66. The molecule has 4 aliphatic carbocycles. The maximum Gasteiger partial charge on any atom is 0.138 e. The van der Waals surface area contributed by atoms with E-state index in [1.54, 1.807) is 0 Å². The van der Waals surface area contributed by atoms with Gasteiger partial charge in [-0.2, -0.15) is 0 Å². The zero-order valence-corrected chi connectivity index (χ0v) is 23.2. The van der Waals surface area contributed by atoms with Crippen LogP contribution in [0, 0.1) is 45.3 Å². The maximum atomic E-state index is 12.9. The summed E-state index contributed by atoms with van der Waals surface area (Å²) in [5.74, 6) is 1.39. The van der Waals surface area contributed by atoms with Gasteiger partial charge >= 0.3 is 0 Å². The van der Waals surface area contributed by atoms with E-state index in [4.69, 9.17) is 0 Å². The fraction of sp³-hybridized carbons (Fsp3) is 0.967. The third-order valence-corrected chi connectivity index (χ3v) is 12.4. The van der Waals surface area contributed by atoms with Gasteiger partial charge in [0.25, 0.3) is 0 Å². The van der Waals surface area contributed by atoms with E-state index in [1.165, 1.54) is 0 Å². The van der Waals surface area contributed by atoms with Crippen LogP contribution in [0.5, 0.6) is 0 Å². The summed E-state index contributed by atoms with van der Waals surface area (Å²) >= 11 is 0. The quantitative estimate of drug-likeness (QED) is 0.461. The summed E-state index contributed by atoms with van der Waals surface area (Å²) in [4.78, 5) is 12.9. The predicted octanol–water partition coefficient (Wildman–Crippen LogP) is 5.90. The molecule has 0 amide bonds. The smallest absolute Gasteiger partial charge is 0.138 e. The Morgan fingerprint density at radius 3 is 2.12 bits per heavy atom. The number of ketones is 1. The fourth-order valence-electron chi connectivity index (χ4n) is 10.3. The molecule has 196 valence electrons. The molecule has 0 aliphatic heterocycles. The topological polar surface area (TPSA) is 77.8 Å². The van der Waals surface area contributed by atoms with Gasteiger partial charge in [-0.1, -0.05) is 34.6 Å². The van der Waals surface area contributed by atoms with Crippen molar-refractivity contribution in [1.29, 1.82) is 0 Å². The molecule has 4 saturated carbocycles. The molecule has 0 aromatic heterocycles. The minimum atomic E-state index is -0.835. The molecule has 9 atom stereocenters. The monoisotopic (exact) mass is 476 g/mol. The Kier molecular flexibility index (Phi) is 6.28. The average molecular weight is 477 g/mol. The minimum absolute atomic E-state index is 0.0141. The highest BCUT2D eigenvalue weighted by Gasteiger charge is 2.71. The number of fused-ring (bicyclic) bond motifs is 5. The Morgan fingerprint density at radius 2 is 1.50 bits per heavy atom. The minimum Gasteiger partial charge on any atom is -0.393 e. The summed E-state index contributed by atoms with van der Waals surface area (Å²) < 4.78 is 0. The molecule has 0 bridgehead atoms. The molecular weight excluding hydrogens is 424 g/mol. The van der Waals surface area contributed by atoms with Gasteiger partial charge in [0.15, 0.2) is 0 Å². The summed E-state index contributed by atoms with van der Waals surface area (Å²) in [6, 6.07) is 0. The van der Waals surface area contributed by atoms with E-state index >= 15 is 0 Å². The number of rotatable bonds is 5. The average Bonchev–Trinajstić information content (AvgIpc) is 3.07. The van der Waals surface area contributed by atoms with Gasteiger partial charge in [-0.05, 0) is 118 Å². The summed E-state index contributed by atoms with van der Waals surface area (Å²) in [6.45, 7) is 17.3. The summed E-state index contributed by atoms with van der Waals surface area (Å²) in [7, 11) is 0. The van der Waals surface area contributed by atoms with Gasteiger partial charge in [0.05, 0.1) is 17.3 Å². The van der Waals surface area contributed by atoms with Gasteiger partial charge < -0.3 is 15.3 Å². The number of carbonyl (C=O) groups excluding carboxylic acids is 1. The van der Waals surface area contributed by atoms with E-state index in [-0.39, 0.29) is 33.5 Å². The van der Waals surface area contributed by atoms with Crippen molar-refractivity contribution in [1.82, 2.24) is 0 Å². The molecule has 0 heterocycles. The van der Waals surface area contributed by atoms with E-state index in [2.05, 4.69) is 34.6 Å². The molecule has 3 N–H and O–H groups in total. The van der Waals surface area contributed by atoms with Crippen LogP contribution in [-0.4, -0.2) is 38.4 Å². The van der Waals surface area contributed by atoms with Gasteiger partial charge in [-0.25, -0.2) is 0 Å². The summed E-state index contributed by atoms with van der Waals surface area (Å²) in [5, 5.41) is 33.6. The zero-order valence-electron chi connectivity index (χ0n) is 23.2. The van der Waals surface area contributed by atoms with Crippen LogP contribution in [0.15, 0.2) is 0 Å². The van der Waals surface area contributed by atoms with Crippen LogP contribution in [0.3, 0.4) is 0 Å². The Balaban J connectivity index is 1.63. The molecule has 4 fully saturated rings. The number of hydrogen-bond donors (Lipinski definition) is 3. The molecule has 4 aliphatic rings. The van der Waals surface area contributed by atoms with Crippen molar-refractivity contribution in [3.05, 3.63) is 0 Å². The number of carbonyl (C=O) groups is 1. The Bertz CT molecular complexity index is 809. The van der Waals surface area contributed by atoms with Gasteiger partial charge in [0, 0.05) is 11.8 Å². The first-order chi connectivity index (χ1) is 15.4. The first kappa shape index (κ1) is 26.6. The van der Waals surface area contributed by atoms with Crippen molar-refractivity contribution in [3.8, 4) is 0 Å². The van der Waals surface area contributed by atoms with Gasteiger partial charge in [0.2, 0.25) is 0 Å². The Morgan fingerprint density at radius 1 is 0.882 bits per heavy atom. The summed E-state index contributed by atoms with van der Waals surface area (Å²) in [5.41, 5.74) is -1.66. The van der Waals surface area contributed by atoms with Crippen molar-refractivity contribution in [3.63, 3.8) is 0 Å². The van der Waals surface area contributed by atoms with Gasteiger partial charge in [0.1, 0.15) is 5.78 Å². The number of hydrogen-bond acceptors (Lipinski definition) is 4. The third-order valence-electron chi connectivity index (χ3n) is 12.4. The molecule has 0 saturated heterocycles. The van der Waals surface area contributed by atoms with Crippen LogP contribution >= 0.6 is 0 Å². The van der Waals surface area contributed by atoms with Crippen molar-refractivity contribution in [2.24, 2.45) is 45.3 Å². The third kappa shape index (κ3) is 3.76. The van der Waals surface area contributed by atoms with E-state index < -0.39 is 17.3 Å². The highest BCUT2D eigenvalue weighted by Crippen LogP contribution is 2.75. The first-order valence-electron chi connectivity index (χ1n) is 14.1. The molecule has 2 unspecified atom stereocenters. The molecule has 34 heavy (non-hydrogen) atoms. The van der Waals surface area contributed by atoms with E-state index in [0.29, 0.717) is 36.9 Å². The second-order valence-corrected chi connectivity index (χ2v) is 15.1. The van der Waals surface area contributed by atoms with Crippen LogP contribution in [0.25, 0.3) is 0 Å². The van der Waals surface area contributed by atoms with E-state index in [1.807, 2.05) is 20.8 Å². The second-order valence-electron chi connectivity index (χ2n) is 15.1. The zero-order chi connectivity index (χ0) is 25.5. The highest BCUT2D eigenvalue weighted by atomic mass is 16.3. The molecule has 4 heteroatoms. The predicted molar refractivity (Wildman–Crippen MR) is 136 cm³/mol. The highest BCUT2D eigenvalue weighted by molar-refractivity contribution is 5.85. The number of aliphatic hydroxyl groups excluding tert-OH is 1. The fourth-order valence-corrected chi connectivity index (χ4v) is 10.3. The lowest BCUT2D eigenvalue weighted by atomic mass is 9.35. The molecule has 4 rings (SSSR count). The summed E-state index contributed by atoms with van der Waals surface area (Å²) in [6.07, 6.45) is 8.35. The molecule has 0 aromatic rings. The van der Waals surface area contributed by atoms with Crippen LogP contribution in [0.1, 0.15) is 120 Å². The molecule has 0 radical (unpaired) electrons. The van der Waals surface area contributed by atoms with Crippen LogP contribution in [0.2, 0.25) is 0 Å². The lowest BCUT2D eigenvalue weighted by Gasteiger charge is -2.69. The van der Waals surface area contributed by atoms with Crippen molar-refractivity contribution < 1.29 is 20.1 Å². The van der Waals surface area contributed by atoms with Gasteiger partial charge in [-0.3, -0.25) is 4.79 Å². The molecule has 0 spiro atoms. The largest absolute Gasteiger partial charge is 0.393 e. The van der Waals surface area contributed by atoms with Crippen molar-refractivity contribution in [2.75, 3.05) is 0 Å². The maximum absolute atomic E-state index is 12.9. The molecule has 0 aromatic carbocycles. The van der Waals surface area contributed by atoms with E-state index in [0.717, 1.165) is 44.9 Å². The van der Waals surface area contributed by atoms with Gasteiger partial charge in [-0.15, -0.1) is 0 Å². The van der Waals surface area contributed by atoms with E-state index in [9.17, 15) is 20.1 Å². The molecule has 4 nitrogen and oxygen atoms in total. The first-order valence-corrected chi connectivity index (χ1v) is 14.1. The van der Waals surface area contributed by atoms with Crippen molar-refractivity contribution in [2.45, 2.75) is 137 Å².